The number of likely N-dealkylation sites (tertiary alicyclic amines) is 1. The summed E-state index contributed by atoms with van der Waals surface area (Å²) in [6, 6.07) is 8.22. The highest BCUT2D eigenvalue weighted by Crippen LogP contribution is 2.07. The smallest absolute Gasteiger partial charge is 0.277 e. The number of nitrogens with zero attached hydrogens (tertiary/aromatic N) is 1. The molecule has 1 aromatic rings. The number of rotatable bonds is 5. The summed E-state index contributed by atoms with van der Waals surface area (Å²) < 4.78 is 0. The molecule has 0 aromatic heterocycles. The average Bonchev–Trinajstić information content (AvgIpc) is 2.49. The Kier molecular flexibility index (Phi) is 5.55. The van der Waals surface area contributed by atoms with Crippen LogP contribution in [0.1, 0.15) is 24.0 Å². The van der Waals surface area contributed by atoms with Gasteiger partial charge in [-0.1, -0.05) is 29.8 Å². The van der Waals surface area contributed by atoms with Gasteiger partial charge in [-0.2, -0.15) is 0 Å². The predicted octanol–water partition coefficient (Wildman–Crippen LogP) is -0.266. The van der Waals surface area contributed by atoms with Crippen LogP contribution in [-0.4, -0.2) is 43.4 Å². The number of hydrogen-bond donors (Lipinski definition) is 2. The first kappa shape index (κ1) is 16.5. The van der Waals surface area contributed by atoms with Gasteiger partial charge in [0.05, 0.1) is 19.0 Å². The highest BCUT2D eigenvalue weighted by atomic mass is 16.2. The fourth-order valence-electron chi connectivity index (χ4n) is 2.96. The fourth-order valence-corrected chi connectivity index (χ4v) is 2.96. The normalized spacial score (nSPS) is 21.4. The van der Waals surface area contributed by atoms with E-state index >= 15 is 0 Å². The number of benzene rings is 1. The lowest BCUT2D eigenvalue weighted by atomic mass is 9.97. The molecule has 1 fully saturated rings. The molecule has 1 aromatic carbocycles. The molecule has 2 amide bonds. The van der Waals surface area contributed by atoms with Crippen molar-refractivity contribution >= 4 is 11.8 Å². The van der Waals surface area contributed by atoms with E-state index < -0.39 is 0 Å². The van der Waals surface area contributed by atoms with Crippen molar-refractivity contribution in [3.8, 4) is 0 Å². The monoisotopic (exact) mass is 304 g/mol. The predicted molar refractivity (Wildman–Crippen MR) is 85.1 cm³/mol. The third-order valence-corrected chi connectivity index (χ3v) is 4.39. The highest BCUT2D eigenvalue weighted by molar-refractivity contribution is 5.77. The van der Waals surface area contributed by atoms with Crippen molar-refractivity contribution < 1.29 is 14.5 Å². The minimum Gasteiger partial charge on any atom is -0.369 e. The van der Waals surface area contributed by atoms with Crippen LogP contribution in [0.3, 0.4) is 0 Å². The van der Waals surface area contributed by atoms with Crippen molar-refractivity contribution in [3.05, 3.63) is 35.4 Å². The maximum Gasteiger partial charge on any atom is 0.277 e. The molecule has 1 aliphatic rings. The molecule has 5 nitrogen and oxygen atoms in total. The van der Waals surface area contributed by atoms with Crippen LogP contribution in [0, 0.1) is 12.8 Å². The number of quaternary nitrogens is 1. The third kappa shape index (κ3) is 4.56. The maximum atomic E-state index is 12.3. The second-order valence-corrected chi connectivity index (χ2v) is 6.36. The molecule has 3 N–H and O–H groups in total. The highest BCUT2D eigenvalue weighted by Gasteiger charge is 2.29. The van der Waals surface area contributed by atoms with Gasteiger partial charge in [-0.15, -0.1) is 0 Å². The summed E-state index contributed by atoms with van der Waals surface area (Å²) in [4.78, 5) is 26.6. The number of nitrogens with one attached hydrogen (secondary N) is 1. The number of hydrogen-bond acceptors (Lipinski definition) is 2. The van der Waals surface area contributed by atoms with E-state index in [0.29, 0.717) is 19.6 Å². The van der Waals surface area contributed by atoms with E-state index in [2.05, 4.69) is 24.3 Å². The Labute approximate surface area is 132 Å². The van der Waals surface area contributed by atoms with Gasteiger partial charge in [0.1, 0.15) is 0 Å². The van der Waals surface area contributed by atoms with Crippen molar-refractivity contribution in [1.82, 2.24) is 4.90 Å². The van der Waals surface area contributed by atoms with E-state index in [1.165, 1.54) is 5.56 Å². The van der Waals surface area contributed by atoms with Crippen LogP contribution in [-0.2, 0) is 16.1 Å². The molecule has 0 spiro atoms. The minimum absolute atomic E-state index is 0.0843. The molecule has 1 saturated heterocycles. The molecule has 1 heterocycles. The van der Waals surface area contributed by atoms with E-state index in [9.17, 15) is 9.59 Å². The molecule has 0 bridgehead atoms. The second kappa shape index (κ2) is 7.40. The van der Waals surface area contributed by atoms with Crippen LogP contribution in [0.4, 0.5) is 0 Å². The van der Waals surface area contributed by atoms with Crippen LogP contribution < -0.4 is 10.6 Å². The maximum absolute atomic E-state index is 12.3. The number of piperidine rings is 1. The van der Waals surface area contributed by atoms with Gasteiger partial charge < -0.3 is 15.5 Å². The molecule has 0 saturated carbocycles. The van der Waals surface area contributed by atoms with Crippen LogP contribution in [0.2, 0.25) is 0 Å². The second-order valence-electron chi connectivity index (χ2n) is 6.36. The van der Waals surface area contributed by atoms with Crippen molar-refractivity contribution in [2.75, 3.05) is 26.7 Å². The van der Waals surface area contributed by atoms with Gasteiger partial charge in [0.2, 0.25) is 5.91 Å². The van der Waals surface area contributed by atoms with Gasteiger partial charge in [0.25, 0.3) is 5.91 Å². The fraction of sp³-hybridized carbons (Fsp3) is 0.529. The molecule has 1 unspecified atom stereocenters. The number of primary amides is 1. The van der Waals surface area contributed by atoms with Gasteiger partial charge in [-0.05, 0) is 25.3 Å². The zero-order chi connectivity index (χ0) is 16.1. The molecular weight excluding hydrogens is 278 g/mol. The molecule has 5 heteroatoms. The first-order valence-corrected chi connectivity index (χ1v) is 7.88. The lowest BCUT2D eigenvalue weighted by molar-refractivity contribution is -0.899. The summed E-state index contributed by atoms with van der Waals surface area (Å²) in [5.41, 5.74) is 7.73. The lowest BCUT2D eigenvalue weighted by Crippen LogP contribution is -3.14. The van der Waals surface area contributed by atoms with E-state index in [-0.39, 0.29) is 17.7 Å². The summed E-state index contributed by atoms with van der Waals surface area (Å²) in [7, 11) is 1.83. The van der Waals surface area contributed by atoms with Crippen molar-refractivity contribution in [2.24, 2.45) is 11.7 Å². The standard InChI is InChI=1S/C17H25N3O2/c1-13-5-7-14(8-6-13)10-19(2)16(21)12-20-9-3-4-15(11-20)17(18)22/h5-8,15H,3-4,9-12H2,1-2H3,(H2,18,22)/p+1/t15-/m1/s1. The summed E-state index contributed by atoms with van der Waals surface area (Å²) in [6.45, 7) is 4.72. The van der Waals surface area contributed by atoms with E-state index in [0.717, 1.165) is 29.8 Å². The molecule has 1 aliphatic heterocycles. The summed E-state index contributed by atoms with van der Waals surface area (Å²) in [5.74, 6) is -0.211. The zero-order valence-electron chi connectivity index (χ0n) is 13.5. The van der Waals surface area contributed by atoms with Gasteiger partial charge in [0, 0.05) is 13.6 Å². The Hall–Kier alpha value is -1.88. The van der Waals surface area contributed by atoms with Crippen LogP contribution >= 0.6 is 0 Å². The Morgan fingerprint density at radius 2 is 2.00 bits per heavy atom. The Balaban J connectivity index is 1.85. The van der Waals surface area contributed by atoms with Crippen molar-refractivity contribution in [1.29, 1.82) is 0 Å². The quantitative estimate of drug-likeness (QED) is 0.786. The molecule has 0 aliphatic carbocycles. The van der Waals surface area contributed by atoms with Gasteiger partial charge in [-0.3, -0.25) is 9.59 Å². The van der Waals surface area contributed by atoms with Crippen molar-refractivity contribution in [3.63, 3.8) is 0 Å². The number of nitrogens with two attached hydrogens (primary N) is 1. The topological polar surface area (TPSA) is 67.8 Å². The molecule has 0 radical (unpaired) electrons. The molecule has 22 heavy (non-hydrogen) atoms. The SMILES string of the molecule is Cc1ccc(CN(C)C(=O)C[NH+]2CCC[C@@H](C(N)=O)C2)cc1. The number of aryl methyl sites for hydroxylation is 1. The Bertz CT molecular complexity index is 527. The lowest BCUT2D eigenvalue weighted by Gasteiger charge is -2.29. The molecule has 2 atom stereocenters. The first-order chi connectivity index (χ1) is 10.5. The largest absolute Gasteiger partial charge is 0.369 e. The number of likely N-dealkylation sites (N-methyl/N-ethyl adjacent to an activating group) is 1. The van der Waals surface area contributed by atoms with Gasteiger partial charge in [-0.25, -0.2) is 0 Å². The van der Waals surface area contributed by atoms with Crippen molar-refractivity contribution in [2.45, 2.75) is 26.3 Å². The average molecular weight is 304 g/mol. The summed E-state index contributed by atoms with van der Waals surface area (Å²) in [6.07, 6.45) is 1.81. The molecule has 2 rings (SSSR count). The van der Waals surface area contributed by atoms with Gasteiger partial charge in [0.15, 0.2) is 6.54 Å². The molecule has 120 valence electrons. The number of carbonyl (C=O) groups is 2. The zero-order valence-corrected chi connectivity index (χ0v) is 13.5. The third-order valence-electron chi connectivity index (χ3n) is 4.39. The van der Waals surface area contributed by atoms with Gasteiger partial charge >= 0.3 is 0 Å². The van der Waals surface area contributed by atoms with Crippen LogP contribution in [0.15, 0.2) is 24.3 Å². The number of carbonyl (C=O) groups excluding carboxylic acids is 2. The minimum atomic E-state index is -0.238. The Morgan fingerprint density at radius 3 is 2.64 bits per heavy atom. The van der Waals surface area contributed by atoms with E-state index in [4.69, 9.17) is 5.73 Å². The number of amides is 2. The van der Waals surface area contributed by atoms with Crippen LogP contribution in [0.25, 0.3) is 0 Å². The Morgan fingerprint density at radius 1 is 1.32 bits per heavy atom. The van der Waals surface area contributed by atoms with Crippen LogP contribution in [0.5, 0.6) is 0 Å². The van der Waals surface area contributed by atoms with E-state index in [1.807, 2.05) is 14.0 Å². The van der Waals surface area contributed by atoms with E-state index in [1.54, 1.807) is 4.90 Å². The summed E-state index contributed by atoms with van der Waals surface area (Å²) in [5, 5.41) is 0. The summed E-state index contributed by atoms with van der Waals surface area (Å²) >= 11 is 0. The molecular formula is C17H26N3O2+. The first-order valence-electron chi connectivity index (χ1n) is 7.88.